The maximum Gasteiger partial charge on any atom is 0.187 e. The number of carbonyl (C=O) groups is 2. The van der Waals surface area contributed by atoms with Crippen LogP contribution in [0.15, 0.2) is 54.6 Å². The average molecular weight is 281 g/mol. The Balaban J connectivity index is 2.10. The monoisotopic (exact) mass is 281 g/mol. The van der Waals surface area contributed by atoms with Crippen molar-refractivity contribution in [1.29, 1.82) is 0 Å². The molecule has 2 atom stereocenters. The van der Waals surface area contributed by atoms with Crippen LogP contribution >= 0.6 is 0 Å². The molecule has 0 amide bonds. The van der Waals surface area contributed by atoms with Gasteiger partial charge in [0.15, 0.2) is 17.7 Å². The van der Waals surface area contributed by atoms with Crippen LogP contribution in [0.1, 0.15) is 21.8 Å². The normalized spacial score (nSPS) is 20.5. The molecule has 4 nitrogen and oxygen atoms in total. The number of hydrogen-bond donors (Lipinski definition) is 1. The highest BCUT2D eigenvalue weighted by Gasteiger charge is 2.41. The standard InChI is InChI=1S/C17H15NO3/c18-10-13(19)17-15(11-6-2-1-3-7-11)16(20)12-8-4-5-9-14(12)21-17/h1-9,15,17H,10,18H2. The molecule has 4 heteroatoms. The van der Waals surface area contributed by atoms with E-state index in [1.165, 1.54) is 0 Å². The van der Waals surface area contributed by atoms with Gasteiger partial charge in [-0.15, -0.1) is 0 Å². The summed E-state index contributed by atoms with van der Waals surface area (Å²) in [6, 6.07) is 16.2. The van der Waals surface area contributed by atoms with Gasteiger partial charge in [0.2, 0.25) is 0 Å². The van der Waals surface area contributed by atoms with Crippen molar-refractivity contribution >= 4 is 11.6 Å². The maximum atomic E-state index is 12.8. The van der Waals surface area contributed by atoms with Gasteiger partial charge in [0.1, 0.15) is 5.75 Å². The van der Waals surface area contributed by atoms with Crippen LogP contribution in [-0.4, -0.2) is 24.2 Å². The minimum Gasteiger partial charge on any atom is -0.481 e. The summed E-state index contributed by atoms with van der Waals surface area (Å²) in [5.74, 6) is -0.569. The second kappa shape index (κ2) is 5.50. The summed E-state index contributed by atoms with van der Waals surface area (Å²) in [5.41, 5.74) is 6.74. The molecule has 0 saturated carbocycles. The molecule has 106 valence electrons. The van der Waals surface area contributed by atoms with Crippen molar-refractivity contribution in [1.82, 2.24) is 0 Å². The number of Topliss-reactive ketones (excluding diaryl/α,β-unsaturated/α-hetero) is 2. The zero-order valence-electron chi connectivity index (χ0n) is 11.4. The van der Waals surface area contributed by atoms with E-state index in [9.17, 15) is 9.59 Å². The second-order valence-corrected chi connectivity index (χ2v) is 4.96. The third kappa shape index (κ3) is 2.34. The molecule has 2 N–H and O–H groups in total. The largest absolute Gasteiger partial charge is 0.481 e. The Hall–Kier alpha value is -2.46. The van der Waals surface area contributed by atoms with Crippen molar-refractivity contribution in [3.8, 4) is 5.75 Å². The highest BCUT2D eigenvalue weighted by Crippen LogP contribution is 2.36. The number of carbonyl (C=O) groups excluding carboxylic acids is 2. The lowest BCUT2D eigenvalue weighted by molar-refractivity contribution is -0.125. The smallest absolute Gasteiger partial charge is 0.187 e. The lowest BCUT2D eigenvalue weighted by Gasteiger charge is -2.31. The van der Waals surface area contributed by atoms with Gasteiger partial charge < -0.3 is 10.5 Å². The van der Waals surface area contributed by atoms with Crippen LogP contribution in [0.5, 0.6) is 5.75 Å². The first-order valence-corrected chi connectivity index (χ1v) is 6.80. The summed E-state index contributed by atoms with van der Waals surface area (Å²) in [6.07, 6.45) is -0.861. The SMILES string of the molecule is NCC(=O)C1Oc2ccccc2C(=O)C1c1ccccc1. The Morgan fingerprint density at radius 3 is 2.43 bits per heavy atom. The van der Waals surface area contributed by atoms with Crippen LogP contribution < -0.4 is 10.5 Å². The predicted octanol–water partition coefficient (Wildman–Crippen LogP) is 1.94. The number of fused-ring (bicyclic) bond motifs is 1. The van der Waals surface area contributed by atoms with Gasteiger partial charge in [-0.25, -0.2) is 0 Å². The van der Waals surface area contributed by atoms with Crippen molar-refractivity contribution in [2.75, 3.05) is 6.54 Å². The minimum atomic E-state index is -0.861. The van der Waals surface area contributed by atoms with Crippen LogP contribution in [0.2, 0.25) is 0 Å². The molecular formula is C17H15NO3. The Kier molecular flexibility index (Phi) is 3.54. The van der Waals surface area contributed by atoms with E-state index >= 15 is 0 Å². The van der Waals surface area contributed by atoms with Gasteiger partial charge in [-0.05, 0) is 17.7 Å². The quantitative estimate of drug-likeness (QED) is 0.933. The van der Waals surface area contributed by atoms with Gasteiger partial charge in [0, 0.05) is 0 Å². The molecule has 1 aliphatic heterocycles. The van der Waals surface area contributed by atoms with Gasteiger partial charge in [-0.2, -0.15) is 0 Å². The third-order valence-corrected chi connectivity index (χ3v) is 3.67. The van der Waals surface area contributed by atoms with E-state index in [4.69, 9.17) is 10.5 Å². The third-order valence-electron chi connectivity index (χ3n) is 3.67. The first kappa shape index (κ1) is 13.5. The van der Waals surface area contributed by atoms with Crippen LogP contribution in [0, 0.1) is 0 Å². The fourth-order valence-corrected chi connectivity index (χ4v) is 2.64. The van der Waals surface area contributed by atoms with E-state index in [0.29, 0.717) is 11.3 Å². The molecule has 1 aliphatic rings. The van der Waals surface area contributed by atoms with E-state index in [1.54, 1.807) is 24.3 Å². The van der Waals surface area contributed by atoms with Crippen LogP contribution in [-0.2, 0) is 4.79 Å². The number of ether oxygens (including phenoxy) is 1. The number of rotatable bonds is 3. The summed E-state index contributed by atoms with van der Waals surface area (Å²) in [5, 5.41) is 0. The second-order valence-electron chi connectivity index (χ2n) is 4.96. The molecule has 0 spiro atoms. The molecule has 0 fully saturated rings. The van der Waals surface area contributed by atoms with Crippen LogP contribution in [0.4, 0.5) is 0 Å². The summed E-state index contributed by atoms with van der Waals surface area (Å²) < 4.78 is 5.77. The van der Waals surface area contributed by atoms with E-state index < -0.39 is 12.0 Å². The van der Waals surface area contributed by atoms with Gasteiger partial charge in [-0.3, -0.25) is 9.59 Å². The number of ketones is 2. The molecule has 21 heavy (non-hydrogen) atoms. The van der Waals surface area contributed by atoms with Gasteiger partial charge in [-0.1, -0.05) is 42.5 Å². The number of nitrogens with two attached hydrogens (primary N) is 1. The predicted molar refractivity (Wildman–Crippen MR) is 78.4 cm³/mol. The highest BCUT2D eigenvalue weighted by molar-refractivity contribution is 6.08. The zero-order chi connectivity index (χ0) is 14.8. The maximum absolute atomic E-state index is 12.8. The average Bonchev–Trinajstić information content (AvgIpc) is 2.55. The fourth-order valence-electron chi connectivity index (χ4n) is 2.64. The van der Waals surface area contributed by atoms with Crippen LogP contribution in [0.3, 0.4) is 0 Å². The first-order valence-electron chi connectivity index (χ1n) is 6.80. The summed E-state index contributed by atoms with van der Waals surface area (Å²) >= 11 is 0. The number of hydrogen-bond acceptors (Lipinski definition) is 4. The number of benzene rings is 2. The molecule has 0 saturated heterocycles. The molecule has 0 aromatic heterocycles. The van der Waals surface area contributed by atoms with Crippen molar-refractivity contribution < 1.29 is 14.3 Å². The zero-order valence-corrected chi connectivity index (χ0v) is 11.4. The van der Waals surface area contributed by atoms with Gasteiger partial charge in [0.05, 0.1) is 18.0 Å². The lowest BCUT2D eigenvalue weighted by Crippen LogP contribution is -2.44. The molecule has 2 unspecified atom stereocenters. The Bertz CT molecular complexity index is 681. The summed E-state index contributed by atoms with van der Waals surface area (Å²) in [4.78, 5) is 24.9. The van der Waals surface area contributed by atoms with Crippen LogP contribution in [0.25, 0.3) is 0 Å². The fraction of sp³-hybridized carbons (Fsp3) is 0.176. The summed E-state index contributed by atoms with van der Waals surface area (Å²) in [7, 11) is 0. The Morgan fingerprint density at radius 1 is 1.05 bits per heavy atom. The molecule has 0 radical (unpaired) electrons. The van der Waals surface area contributed by atoms with E-state index in [2.05, 4.69) is 0 Å². The van der Waals surface area contributed by atoms with Gasteiger partial charge >= 0.3 is 0 Å². The molecule has 0 aliphatic carbocycles. The molecule has 3 rings (SSSR count). The van der Waals surface area contributed by atoms with E-state index in [0.717, 1.165) is 5.56 Å². The molecule has 1 heterocycles. The molecular weight excluding hydrogens is 266 g/mol. The topological polar surface area (TPSA) is 69.4 Å². The molecule has 2 aromatic carbocycles. The lowest BCUT2D eigenvalue weighted by atomic mass is 9.82. The van der Waals surface area contributed by atoms with Crippen molar-refractivity contribution in [3.63, 3.8) is 0 Å². The Labute approximate surface area is 122 Å². The minimum absolute atomic E-state index is 0.102. The molecule has 0 bridgehead atoms. The Morgan fingerprint density at radius 2 is 1.71 bits per heavy atom. The van der Waals surface area contributed by atoms with Gasteiger partial charge in [0.25, 0.3) is 0 Å². The first-order chi connectivity index (χ1) is 10.2. The van der Waals surface area contributed by atoms with Crippen molar-refractivity contribution in [2.24, 2.45) is 5.73 Å². The van der Waals surface area contributed by atoms with Crippen molar-refractivity contribution in [3.05, 3.63) is 65.7 Å². The van der Waals surface area contributed by atoms with E-state index in [1.807, 2.05) is 30.3 Å². The molecule has 2 aromatic rings. The van der Waals surface area contributed by atoms with E-state index in [-0.39, 0.29) is 18.1 Å². The number of para-hydroxylation sites is 1. The highest BCUT2D eigenvalue weighted by atomic mass is 16.5. The van der Waals surface area contributed by atoms with Crippen molar-refractivity contribution in [2.45, 2.75) is 12.0 Å². The summed E-state index contributed by atoms with van der Waals surface area (Å²) in [6.45, 7) is -0.149.